The van der Waals surface area contributed by atoms with Crippen molar-refractivity contribution in [2.75, 3.05) is 0 Å². The SMILES string of the molecule is CCC(C)(C(=O)NCc1cccc2ccccc12)N1C(=O)CC1c1ccccc1. The van der Waals surface area contributed by atoms with Gasteiger partial charge in [-0.15, -0.1) is 0 Å². The number of fused-ring (bicyclic) bond motifs is 1. The minimum atomic E-state index is -0.875. The van der Waals surface area contributed by atoms with Crippen LogP contribution in [0.3, 0.4) is 0 Å². The highest BCUT2D eigenvalue weighted by Gasteiger charge is 2.50. The number of nitrogens with one attached hydrogen (secondary N) is 1. The summed E-state index contributed by atoms with van der Waals surface area (Å²) in [5.74, 6) is -0.0783. The largest absolute Gasteiger partial charge is 0.350 e. The van der Waals surface area contributed by atoms with Crippen LogP contribution in [0.4, 0.5) is 0 Å². The number of carbonyl (C=O) groups is 2. The van der Waals surface area contributed by atoms with Gasteiger partial charge in [-0.2, -0.15) is 0 Å². The second-order valence-electron chi connectivity index (χ2n) is 7.84. The molecular formula is C25H26N2O2. The van der Waals surface area contributed by atoms with E-state index in [1.807, 2.05) is 68.4 Å². The minimum Gasteiger partial charge on any atom is -0.350 e. The van der Waals surface area contributed by atoms with Gasteiger partial charge in [-0.1, -0.05) is 79.7 Å². The molecule has 4 nitrogen and oxygen atoms in total. The quantitative estimate of drug-likeness (QED) is 0.630. The standard InChI is InChI=1S/C25H26N2O2/c1-3-25(2,27-22(16-23(27)28)19-11-5-4-6-12-19)24(29)26-17-20-14-9-13-18-10-7-8-15-21(18)20/h4-15,22H,3,16-17H2,1-2H3,(H,26,29). The summed E-state index contributed by atoms with van der Waals surface area (Å²) in [6.45, 7) is 4.28. The number of hydrogen-bond donors (Lipinski definition) is 1. The Morgan fingerprint density at radius 1 is 1.03 bits per heavy atom. The number of rotatable bonds is 6. The van der Waals surface area contributed by atoms with Gasteiger partial charge in [-0.3, -0.25) is 9.59 Å². The molecule has 1 saturated heterocycles. The monoisotopic (exact) mass is 386 g/mol. The Morgan fingerprint density at radius 2 is 1.72 bits per heavy atom. The Morgan fingerprint density at radius 3 is 2.45 bits per heavy atom. The average molecular weight is 386 g/mol. The van der Waals surface area contributed by atoms with E-state index in [-0.39, 0.29) is 17.9 Å². The maximum absolute atomic E-state index is 13.3. The minimum absolute atomic E-state index is 0.0310. The van der Waals surface area contributed by atoms with Gasteiger partial charge >= 0.3 is 0 Å². The maximum Gasteiger partial charge on any atom is 0.245 e. The summed E-state index contributed by atoms with van der Waals surface area (Å²) in [5, 5.41) is 5.38. The van der Waals surface area contributed by atoms with Gasteiger partial charge in [0.05, 0.1) is 12.5 Å². The maximum atomic E-state index is 13.3. The molecule has 4 rings (SSSR count). The van der Waals surface area contributed by atoms with E-state index in [9.17, 15) is 9.59 Å². The van der Waals surface area contributed by atoms with Crippen LogP contribution in [-0.4, -0.2) is 22.3 Å². The molecule has 0 spiro atoms. The molecule has 0 aliphatic carbocycles. The fourth-order valence-corrected chi connectivity index (χ4v) is 4.23. The molecule has 3 aromatic rings. The van der Waals surface area contributed by atoms with Gasteiger partial charge in [-0.25, -0.2) is 0 Å². The summed E-state index contributed by atoms with van der Waals surface area (Å²) >= 11 is 0. The number of nitrogens with zero attached hydrogens (tertiary/aromatic N) is 1. The van der Waals surface area contributed by atoms with Crippen LogP contribution in [0.25, 0.3) is 10.8 Å². The van der Waals surface area contributed by atoms with Crippen LogP contribution < -0.4 is 5.32 Å². The lowest BCUT2D eigenvalue weighted by molar-refractivity contribution is -0.164. The lowest BCUT2D eigenvalue weighted by Crippen LogP contribution is -2.64. The van der Waals surface area contributed by atoms with Crippen molar-refractivity contribution in [3.8, 4) is 0 Å². The first kappa shape index (κ1) is 19.2. The second kappa shape index (κ2) is 7.70. The fourth-order valence-electron chi connectivity index (χ4n) is 4.23. The van der Waals surface area contributed by atoms with Crippen molar-refractivity contribution in [2.45, 2.75) is 44.8 Å². The summed E-state index contributed by atoms with van der Waals surface area (Å²) in [6, 6.07) is 24.2. The number of benzene rings is 3. The molecule has 3 aromatic carbocycles. The molecule has 1 fully saturated rings. The van der Waals surface area contributed by atoms with Crippen LogP contribution in [0.1, 0.15) is 43.9 Å². The zero-order valence-electron chi connectivity index (χ0n) is 16.9. The van der Waals surface area contributed by atoms with Gasteiger partial charge in [-0.05, 0) is 35.2 Å². The normalized spacial score (nSPS) is 18.2. The van der Waals surface area contributed by atoms with Gasteiger partial charge in [0.2, 0.25) is 11.8 Å². The van der Waals surface area contributed by atoms with Crippen LogP contribution in [0.15, 0.2) is 72.8 Å². The first-order valence-corrected chi connectivity index (χ1v) is 10.2. The molecule has 0 bridgehead atoms. The Hall–Kier alpha value is -3.14. The van der Waals surface area contributed by atoms with E-state index in [0.29, 0.717) is 19.4 Å². The second-order valence-corrected chi connectivity index (χ2v) is 7.84. The molecule has 2 unspecified atom stereocenters. The third-order valence-corrected chi connectivity index (χ3v) is 6.16. The summed E-state index contributed by atoms with van der Waals surface area (Å²) in [6.07, 6.45) is 1.01. The average Bonchev–Trinajstić information content (AvgIpc) is 2.76. The van der Waals surface area contributed by atoms with Gasteiger partial charge in [0, 0.05) is 6.54 Å². The zero-order chi connectivity index (χ0) is 20.4. The summed E-state index contributed by atoms with van der Waals surface area (Å²) in [4.78, 5) is 27.5. The highest BCUT2D eigenvalue weighted by Crippen LogP contribution is 2.41. The van der Waals surface area contributed by atoms with Crippen molar-refractivity contribution < 1.29 is 9.59 Å². The molecule has 1 heterocycles. The summed E-state index contributed by atoms with van der Waals surface area (Å²) in [5.41, 5.74) is 1.28. The Balaban J connectivity index is 1.55. The van der Waals surface area contributed by atoms with E-state index < -0.39 is 5.54 Å². The predicted molar refractivity (Wildman–Crippen MR) is 115 cm³/mol. The van der Waals surface area contributed by atoms with Crippen molar-refractivity contribution >= 4 is 22.6 Å². The van der Waals surface area contributed by atoms with Gasteiger partial charge in [0.15, 0.2) is 0 Å². The van der Waals surface area contributed by atoms with Crippen molar-refractivity contribution in [1.82, 2.24) is 10.2 Å². The van der Waals surface area contributed by atoms with Crippen LogP contribution in [0.2, 0.25) is 0 Å². The van der Waals surface area contributed by atoms with E-state index in [0.717, 1.165) is 21.9 Å². The molecule has 0 saturated carbocycles. The number of hydrogen-bond acceptors (Lipinski definition) is 2. The van der Waals surface area contributed by atoms with Gasteiger partial charge in [0.1, 0.15) is 5.54 Å². The van der Waals surface area contributed by atoms with Crippen molar-refractivity contribution in [2.24, 2.45) is 0 Å². The molecular weight excluding hydrogens is 360 g/mol. The van der Waals surface area contributed by atoms with E-state index >= 15 is 0 Å². The van der Waals surface area contributed by atoms with Crippen molar-refractivity contribution in [3.63, 3.8) is 0 Å². The van der Waals surface area contributed by atoms with Crippen LogP contribution >= 0.6 is 0 Å². The van der Waals surface area contributed by atoms with Crippen LogP contribution in [0, 0.1) is 0 Å². The van der Waals surface area contributed by atoms with E-state index in [1.165, 1.54) is 0 Å². The topological polar surface area (TPSA) is 49.4 Å². The Kier molecular flexibility index (Phi) is 5.10. The lowest BCUT2D eigenvalue weighted by Gasteiger charge is -2.51. The molecule has 29 heavy (non-hydrogen) atoms. The van der Waals surface area contributed by atoms with E-state index in [1.54, 1.807) is 4.90 Å². The fraction of sp³-hybridized carbons (Fsp3) is 0.280. The molecule has 4 heteroatoms. The molecule has 0 aromatic heterocycles. The number of β-lactam (4-membered cyclic amide) rings is 1. The predicted octanol–water partition coefficient (Wildman–Crippen LogP) is 4.60. The zero-order valence-corrected chi connectivity index (χ0v) is 16.9. The first-order chi connectivity index (χ1) is 14.0. The molecule has 2 amide bonds. The lowest BCUT2D eigenvalue weighted by atomic mass is 9.83. The smallest absolute Gasteiger partial charge is 0.245 e. The number of carbonyl (C=O) groups excluding carboxylic acids is 2. The molecule has 0 radical (unpaired) electrons. The number of likely N-dealkylation sites (tertiary alicyclic amines) is 1. The number of amides is 2. The van der Waals surface area contributed by atoms with Crippen molar-refractivity contribution in [3.05, 3.63) is 83.9 Å². The van der Waals surface area contributed by atoms with E-state index in [4.69, 9.17) is 0 Å². The summed E-state index contributed by atoms with van der Waals surface area (Å²) in [7, 11) is 0. The first-order valence-electron chi connectivity index (χ1n) is 10.2. The molecule has 1 aliphatic heterocycles. The third kappa shape index (κ3) is 3.39. The molecule has 1 aliphatic rings. The van der Waals surface area contributed by atoms with Crippen LogP contribution in [-0.2, 0) is 16.1 Å². The molecule has 1 N–H and O–H groups in total. The third-order valence-electron chi connectivity index (χ3n) is 6.16. The van der Waals surface area contributed by atoms with E-state index in [2.05, 4.69) is 23.5 Å². The molecule has 148 valence electrons. The Bertz CT molecular complexity index is 1040. The Labute approximate surface area is 171 Å². The van der Waals surface area contributed by atoms with Crippen molar-refractivity contribution in [1.29, 1.82) is 0 Å². The van der Waals surface area contributed by atoms with Gasteiger partial charge < -0.3 is 10.2 Å². The highest BCUT2D eigenvalue weighted by atomic mass is 16.2. The van der Waals surface area contributed by atoms with Gasteiger partial charge in [0.25, 0.3) is 0 Å². The summed E-state index contributed by atoms with van der Waals surface area (Å²) < 4.78 is 0. The van der Waals surface area contributed by atoms with Crippen LogP contribution in [0.5, 0.6) is 0 Å². The highest BCUT2D eigenvalue weighted by molar-refractivity contribution is 5.94. The molecule has 2 atom stereocenters.